The number of carbonyl (C=O) groups is 1. The second-order valence-corrected chi connectivity index (χ2v) is 7.00. The van der Waals surface area contributed by atoms with Gasteiger partial charge in [-0.15, -0.1) is 0 Å². The standard InChI is InChI=1S/C22H21ClN2O3/c1-27-20-14-15(2-10-19(20)28-13-12-24)3-11-21(26)25-22(16-4-5-16)17-6-8-18(23)9-7-17/h2-3,6-11,14,16,22H,4-5,13H2,1H3,(H,25,26)/b11-3+. The molecule has 1 aliphatic rings. The molecule has 0 heterocycles. The Bertz CT molecular complexity index is 899. The maximum Gasteiger partial charge on any atom is 0.244 e. The first-order valence-electron chi connectivity index (χ1n) is 9.02. The van der Waals surface area contributed by atoms with Crippen LogP contribution in [0.2, 0.25) is 5.02 Å². The molecule has 1 saturated carbocycles. The average molecular weight is 397 g/mol. The van der Waals surface area contributed by atoms with Gasteiger partial charge in [0, 0.05) is 11.1 Å². The number of hydrogen-bond acceptors (Lipinski definition) is 4. The molecule has 1 aliphatic carbocycles. The molecule has 2 aromatic rings. The van der Waals surface area contributed by atoms with E-state index < -0.39 is 0 Å². The normalized spacial score (nSPS) is 14.3. The number of methoxy groups -OCH3 is 1. The van der Waals surface area contributed by atoms with Crippen molar-refractivity contribution < 1.29 is 14.3 Å². The van der Waals surface area contributed by atoms with Crippen molar-refractivity contribution in [3.63, 3.8) is 0 Å². The Labute approximate surface area is 169 Å². The average Bonchev–Trinajstić information content (AvgIpc) is 3.55. The zero-order chi connectivity index (χ0) is 19.9. The number of hydrogen-bond donors (Lipinski definition) is 1. The summed E-state index contributed by atoms with van der Waals surface area (Å²) < 4.78 is 10.6. The molecule has 3 rings (SSSR count). The zero-order valence-corrected chi connectivity index (χ0v) is 16.3. The van der Waals surface area contributed by atoms with E-state index in [1.165, 1.54) is 13.2 Å². The van der Waals surface area contributed by atoms with Crippen LogP contribution in [-0.4, -0.2) is 19.6 Å². The van der Waals surface area contributed by atoms with E-state index in [1.807, 2.05) is 30.3 Å². The van der Waals surface area contributed by atoms with Crippen LogP contribution in [0.15, 0.2) is 48.5 Å². The number of carbonyl (C=O) groups excluding carboxylic acids is 1. The number of nitrogens with zero attached hydrogens (tertiary/aromatic N) is 1. The molecule has 144 valence electrons. The molecule has 0 saturated heterocycles. The van der Waals surface area contributed by atoms with Gasteiger partial charge in [0.1, 0.15) is 6.07 Å². The Balaban J connectivity index is 1.67. The lowest BCUT2D eigenvalue weighted by atomic mass is 10.0. The Hall–Kier alpha value is -2.97. The van der Waals surface area contributed by atoms with Gasteiger partial charge >= 0.3 is 0 Å². The Morgan fingerprint density at radius 1 is 1.29 bits per heavy atom. The van der Waals surface area contributed by atoms with Gasteiger partial charge in [0.25, 0.3) is 0 Å². The second kappa shape index (κ2) is 9.29. The van der Waals surface area contributed by atoms with Gasteiger partial charge in [-0.25, -0.2) is 0 Å². The summed E-state index contributed by atoms with van der Waals surface area (Å²) in [7, 11) is 1.53. The lowest BCUT2D eigenvalue weighted by Crippen LogP contribution is -2.28. The van der Waals surface area contributed by atoms with Crippen LogP contribution in [0, 0.1) is 17.2 Å². The fourth-order valence-corrected chi connectivity index (χ4v) is 3.09. The molecule has 0 aliphatic heterocycles. The Morgan fingerprint density at radius 2 is 2.04 bits per heavy atom. The van der Waals surface area contributed by atoms with Crippen molar-refractivity contribution in [2.45, 2.75) is 18.9 Å². The van der Waals surface area contributed by atoms with Crippen LogP contribution in [0.1, 0.15) is 30.0 Å². The van der Waals surface area contributed by atoms with Crippen molar-refractivity contribution in [3.8, 4) is 17.6 Å². The third-order valence-electron chi connectivity index (χ3n) is 4.53. The maximum absolute atomic E-state index is 12.4. The van der Waals surface area contributed by atoms with Gasteiger partial charge in [-0.1, -0.05) is 29.8 Å². The molecule has 1 N–H and O–H groups in total. The third-order valence-corrected chi connectivity index (χ3v) is 4.78. The summed E-state index contributed by atoms with van der Waals surface area (Å²) >= 11 is 5.97. The highest BCUT2D eigenvalue weighted by Gasteiger charge is 2.33. The summed E-state index contributed by atoms with van der Waals surface area (Å²) in [5, 5.41) is 12.4. The smallest absolute Gasteiger partial charge is 0.244 e. The van der Waals surface area contributed by atoms with E-state index in [9.17, 15) is 4.79 Å². The monoisotopic (exact) mass is 396 g/mol. The van der Waals surface area contributed by atoms with Gasteiger partial charge in [-0.3, -0.25) is 4.79 Å². The second-order valence-electron chi connectivity index (χ2n) is 6.57. The highest BCUT2D eigenvalue weighted by atomic mass is 35.5. The number of halogens is 1. The van der Waals surface area contributed by atoms with Gasteiger partial charge in [0.15, 0.2) is 18.1 Å². The molecule has 5 nitrogen and oxygen atoms in total. The van der Waals surface area contributed by atoms with E-state index in [1.54, 1.807) is 24.3 Å². The quantitative estimate of drug-likeness (QED) is 0.665. The van der Waals surface area contributed by atoms with E-state index in [4.69, 9.17) is 26.3 Å². The van der Waals surface area contributed by atoms with E-state index in [0.29, 0.717) is 22.4 Å². The van der Waals surface area contributed by atoms with E-state index in [2.05, 4.69) is 5.32 Å². The Kier molecular flexibility index (Phi) is 6.57. The van der Waals surface area contributed by atoms with Crippen LogP contribution in [-0.2, 0) is 4.79 Å². The lowest BCUT2D eigenvalue weighted by Gasteiger charge is -2.18. The molecule has 1 atom stereocenters. The number of benzene rings is 2. The van der Waals surface area contributed by atoms with Crippen molar-refractivity contribution in [2.75, 3.05) is 13.7 Å². The van der Waals surface area contributed by atoms with Crippen LogP contribution in [0.4, 0.5) is 0 Å². The van der Waals surface area contributed by atoms with Crippen LogP contribution < -0.4 is 14.8 Å². The molecule has 0 aromatic heterocycles. The van der Waals surface area contributed by atoms with Crippen molar-refractivity contribution in [3.05, 3.63) is 64.7 Å². The van der Waals surface area contributed by atoms with E-state index in [0.717, 1.165) is 24.0 Å². The molecule has 0 spiro atoms. The van der Waals surface area contributed by atoms with Crippen LogP contribution in [0.3, 0.4) is 0 Å². The summed E-state index contributed by atoms with van der Waals surface area (Å²) in [4.78, 5) is 12.4. The fraction of sp³-hybridized carbons (Fsp3) is 0.273. The summed E-state index contributed by atoms with van der Waals surface area (Å²) in [5.74, 6) is 1.31. The highest BCUT2D eigenvalue weighted by molar-refractivity contribution is 6.30. The number of nitrogens with one attached hydrogen (secondary N) is 1. The summed E-state index contributed by atoms with van der Waals surface area (Å²) in [6.45, 7) is -0.0544. The third kappa shape index (κ3) is 5.28. The molecule has 2 aromatic carbocycles. The van der Waals surface area contributed by atoms with E-state index in [-0.39, 0.29) is 18.6 Å². The SMILES string of the molecule is COc1cc(/C=C/C(=O)NC(c2ccc(Cl)cc2)C2CC2)ccc1OCC#N. The highest BCUT2D eigenvalue weighted by Crippen LogP contribution is 2.41. The molecular formula is C22H21ClN2O3. The molecule has 6 heteroatoms. The van der Waals surface area contributed by atoms with Crippen LogP contribution in [0.25, 0.3) is 6.08 Å². The van der Waals surface area contributed by atoms with Crippen LogP contribution in [0.5, 0.6) is 11.5 Å². The van der Waals surface area contributed by atoms with Crippen molar-refractivity contribution in [1.82, 2.24) is 5.32 Å². The van der Waals surface area contributed by atoms with Crippen molar-refractivity contribution in [1.29, 1.82) is 5.26 Å². The van der Waals surface area contributed by atoms with Gasteiger partial charge in [0.05, 0.1) is 13.2 Å². The Morgan fingerprint density at radius 3 is 2.68 bits per heavy atom. The van der Waals surface area contributed by atoms with Crippen molar-refractivity contribution >= 4 is 23.6 Å². The van der Waals surface area contributed by atoms with Gasteiger partial charge in [0.2, 0.25) is 5.91 Å². The predicted molar refractivity (Wildman–Crippen MR) is 108 cm³/mol. The first-order chi connectivity index (χ1) is 13.6. The molecule has 0 radical (unpaired) electrons. The first kappa shape index (κ1) is 19.8. The van der Waals surface area contributed by atoms with Gasteiger partial charge < -0.3 is 14.8 Å². The summed E-state index contributed by atoms with van der Waals surface area (Å²) in [6, 6.07) is 14.8. The minimum atomic E-state index is -0.157. The maximum atomic E-state index is 12.4. The number of ether oxygens (including phenoxy) is 2. The minimum Gasteiger partial charge on any atom is -0.493 e. The van der Waals surface area contributed by atoms with Gasteiger partial charge in [-0.05, 0) is 60.2 Å². The molecule has 0 bridgehead atoms. The molecule has 1 fully saturated rings. The van der Waals surface area contributed by atoms with Crippen molar-refractivity contribution in [2.24, 2.45) is 5.92 Å². The van der Waals surface area contributed by atoms with Gasteiger partial charge in [-0.2, -0.15) is 5.26 Å². The molecule has 1 amide bonds. The number of nitriles is 1. The first-order valence-corrected chi connectivity index (χ1v) is 9.40. The van der Waals surface area contributed by atoms with Crippen LogP contribution >= 0.6 is 11.6 Å². The largest absolute Gasteiger partial charge is 0.493 e. The molecular weight excluding hydrogens is 376 g/mol. The molecule has 1 unspecified atom stereocenters. The predicted octanol–water partition coefficient (Wildman–Crippen LogP) is 4.53. The minimum absolute atomic E-state index is 0.00860. The number of amides is 1. The summed E-state index contributed by atoms with van der Waals surface area (Å²) in [5.41, 5.74) is 1.86. The van der Waals surface area contributed by atoms with E-state index >= 15 is 0 Å². The topological polar surface area (TPSA) is 71.3 Å². The lowest BCUT2D eigenvalue weighted by molar-refractivity contribution is -0.117. The zero-order valence-electron chi connectivity index (χ0n) is 15.5. The molecule has 28 heavy (non-hydrogen) atoms. The number of rotatable bonds is 8. The summed E-state index contributed by atoms with van der Waals surface area (Å²) in [6.07, 6.45) is 5.45. The fourth-order valence-electron chi connectivity index (χ4n) is 2.96.